The lowest BCUT2D eigenvalue weighted by Gasteiger charge is -2.09. The summed E-state index contributed by atoms with van der Waals surface area (Å²) >= 11 is 0. The second-order valence-corrected chi connectivity index (χ2v) is 6.37. The van der Waals surface area contributed by atoms with Gasteiger partial charge in [0.2, 0.25) is 10.0 Å². The first-order valence-corrected chi connectivity index (χ1v) is 8.18. The third-order valence-electron chi connectivity index (χ3n) is 2.94. The number of carbonyl (C=O) groups excluding carboxylic acids is 1. The lowest BCUT2D eigenvalue weighted by Crippen LogP contribution is -2.23. The molecule has 0 aliphatic heterocycles. The van der Waals surface area contributed by atoms with Crippen molar-refractivity contribution in [3.63, 3.8) is 0 Å². The Morgan fingerprint density at radius 1 is 1.09 bits per heavy atom. The molecule has 0 unspecified atom stereocenters. The van der Waals surface area contributed by atoms with Gasteiger partial charge in [-0.05, 0) is 42.5 Å². The molecule has 122 valence electrons. The zero-order valence-electron chi connectivity index (χ0n) is 12.1. The number of halogens is 2. The number of amides is 1. The van der Waals surface area contributed by atoms with Gasteiger partial charge in [-0.2, -0.15) is 0 Å². The lowest BCUT2D eigenvalue weighted by atomic mass is 10.2. The van der Waals surface area contributed by atoms with E-state index in [1.165, 1.54) is 18.2 Å². The molecule has 0 spiro atoms. The highest BCUT2D eigenvalue weighted by Gasteiger charge is 2.16. The highest BCUT2D eigenvalue weighted by atomic mass is 32.2. The summed E-state index contributed by atoms with van der Waals surface area (Å²) in [5.41, 5.74) is -0.0232. The Balaban J connectivity index is 2.21. The average Bonchev–Trinajstić information content (AvgIpc) is 2.49. The fourth-order valence-corrected chi connectivity index (χ4v) is 2.89. The van der Waals surface area contributed by atoms with E-state index in [1.807, 2.05) is 0 Å². The van der Waals surface area contributed by atoms with Crippen molar-refractivity contribution in [1.29, 1.82) is 0 Å². The second-order valence-electron chi connectivity index (χ2n) is 4.60. The minimum Gasteiger partial charge on any atom is -0.319 e. The van der Waals surface area contributed by atoms with Gasteiger partial charge in [0, 0.05) is 12.1 Å². The molecule has 23 heavy (non-hydrogen) atoms. The molecule has 0 fully saturated rings. The minimum absolute atomic E-state index is 0.148. The van der Waals surface area contributed by atoms with E-state index >= 15 is 0 Å². The molecule has 0 heterocycles. The van der Waals surface area contributed by atoms with Crippen molar-refractivity contribution in [1.82, 2.24) is 4.72 Å². The van der Waals surface area contributed by atoms with Gasteiger partial charge >= 0.3 is 0 Å². The summed E-state index contributed by atoms with van der Waals surface area (Å²) in [6.07, 6.45) is 0. The molecule has 2 aromatic carbocycles. The molecule has 0 aliphatic carbocycles. The summed E-state index contributed by atoms with van der Waals surface area (Å²) < 4.78 is 52.6. The Morgan fingerprint density at radius 3 is 2.30 bits per heavy atom. The van der Waals surface area contributed by atoms with Gasteiger partial charge in [0.1, 0.15) is 11.6 Å². The predicted molar refractivity (Wildman–Crippen MR) is 81.6 cm³/mol. The van der Waals surface area contributed by atoms with Crippen LogP contribution in [0.2, 0.25) is 0 Å². The average molecular weight is 340 g/mol. The van der Waals surface area contributed by atoms with Crippen molar-refractivity contribution in [2.24, 2.45) is 0 Å². The minimum atomic E-state index is -3.78. The van der Waals surface area contributed by atoms with E-state index < -0.39 is 27.6 Å². The molecular formula is C15H14F2N2O3S. The van der Waals surface area contributed by atoms with Crippen LogP contribution >= 0.6 is 0 Å². The largest absolute Gasteiger partial charge is 0.319 e. The van der Waals surface area contributed by atoms with Gasteiger partial charge < -0.3 is 5.32 Å². The monoisotopic (exact) mass is 340 g/mol. The highest BCUT2D eigenvalue weighted by Crippen LogP contribution is 2.19. The van der Waals surface area contributed by atoms with Gasteiger partial charge in [-0.15, -0.1) is 0 Å². The van der Waals surface area contributed by atoms with Crippen LogP contribution in [0.15, 0.2) is 47.4 Å². The van der Waals surface area contributed by atoms with E-state index in [0.29, 0.717) is 0 Å². The van der Waals surface area contributed by atoms with E-state index in [9.17, 15) is 22.0 Å². The smallest absolute Gasteiger partial charge is 0.255 e. The first kappa shape index (κ1) is 17.0. The predicted octanol–water partition coefficient (Wildman–Crippen LogP) is 2.52. The number of sulfonamides is 1. The van der Waals surface area contributed by atoms with Crippen LogP contribution in [-0.2, 0) is 10.0 Å². The third-order valence-corrected chi connectivity index (χ3v) is 4.48. The van der Waals surface area contributed by atoms with E-state index in [-0.39, 0.29) is 22.7 Å². The fraction of sp³-hybridized carbons (Fsp3) is 0.133. The quantitative estimate of drug-likeness (QED) is 0.878. The van der Waals surface area contributed by atoms with Gasteiger partial charge in [0.05, 0.1) is 10.6 Å². The summed E-state index contributed by atoms with van der Waals surface area (Å²) in [6.45, 7) is 1.78. The van der Waals surface area contributed by atoms with E-state index in [1.54, 1.807) is 6.92 Å². The zero-order valence-corrected chi connectivity index (χ0v) is 13.0. The molecule has 0 aliphatic rings. The molecule has 1 amide bonds. The third kappa shape index (κ3) is 4.11. The second kappa shape index (κ2) is 6.84. The number of anilines is 1. The normalized spacial score (nSPS) is 11.3. The van der Waals surface area contributed by atoms with Crippen molar-refractivity contribution >= 4 is 21.6 Å². The number of nitrogens with one attached hydrogen (secondary N) is 2. The van der Waals surface area contributed by atoms with Gasteiger partial charge in [0.15, 0.2) is 0 Å². The Kier molecular flexibility index (Phi) is 5.07. The molecule has 0 saturated carbocycles. The van der Waals surface area contributed by atoms with Crippen LogP contribution in [0.25, 0.3) is 0 Å². The molecular weight excluding hydrogens is 326 g/mol. The molecule has 2 N–H and O–H groups in total. The maximum absolute atomic E-state index is 14.0. The Labute approximate surface area is 132 Å². The molecule has 8 heteroatoms. The van der Waals surface area contributed by atoms with Crippen molar-refractivity contribution in [3.05, 3.63) is 59.7 Å². The van der Waals surface area contributed by atoms with Gasteiger partial charge in [0.25, 0.3) is 5.91 Å². The molecule has 0 saturated heterocycles. The highest BCUT2D eigenvalue weighted by molar-refractivity contribution is 7.89. The summed E-state index contributed by atoms with van der Waals surface area (Å²) in [5.74, 6) is -2.02. The van der Waals surface area contributed by atoms with Crippen LogP contribution in [0.3, 0.4) is 0 Å². The van der Waals surface area contributed by atoms with Crippen LogP contribution in [0.4, 0.5) is 14.5 Å². The number of carbonyl (C=O) groups is 1. The topological polar surface area (TPSA) is 75.3 Å². The maximum atomic E-state index is 14.0. The van der Waals surface area contributed by atoms with Crippen molar-refractivity contribution in [2.45, 2.75) is 11.8 Å². The Hall–Kier alpha value is -2.32. The number of hydrogen-bond donors (Lipinski definition) is 2. The molecule has 0 aromatic heterocycles. The van der Waals surface area contributed by atoms with Crippen LogP contribution in [0.5, 0.6) is 0 Å². The van der Waals surface area contributed by atoms with Crippen LogP contribution < -0.4 is 10.0 Å². The Bertz CT molecular complexity index is 821. The first-order chi connectivity index (χ1) is 10.8. The van der Waals surface area contributed by atoms with Crippen LogP contribution in [-0.4, -0.2) is 20.9 Å². The molecule has 2 aromatic rings. The molecule has 5 nitrogen and oxygen atoms in total. The van der Waals surface area contributed by atoms with E-state index in [0.717, 1.165) is 24.3 Å². The lowest BCUT2D eigenvalue weighted by molar-refractivity contribution is 0.102. The zero-order chi connectivity index (χ0) is 17.0. The SMILES string of the molecule is CCNS(=O)(=O)c1ccc(NC(=O)c2ccc(F)cc2)c(F)c1. The van der Waals surface area contributed by atoms with E-state index in [2.05, 4.69) is 10.0 Å². The van der Waals surface area contributed by atoms with Gasteiger partial charge in [-0.1, -0.05) is 6.92 Å². The summed E-state index contributed by atoms with van der Waals surface area (Å²) in [7, 11) is -3.78. The number of rotatable bonds is 5. The number of benzene rings is 2. The van der Waals surface area contributed by atoms with Crippen molar-refractivity contribution in [2.75, 3.05) is 11.9 Å². The maximum Gasteiger partial charge on any atom is 0.255 e. The number of hydrogen-bond acceptors (Lipinski definition) is 3. The summed E-state index contributed by atoms with van der Waals surface area (Å²) in [6, 6.07) is 7.88. The molecule has 2 rings (SSSR count). The molecule has 0 bridgehead atoms. The van der Waals surface area contributed by atoms with Crippen molar-refractivity contribution < 1.29 is 22.0 Å². The first-order valence-electron chi connectivity index (χ1n) is 6.69. The van der Waals surface area contributed by atoms with Crippen LogP contribution in [0, 0.1) is 11.6 Å². The van der Waals surface area contributed by atoms with Crippen LogP contribution in [0.1, 0.15) is 17.3 Å². The molecule has 0 atom stereocenters. The summed E-state index contributed by atoms with van der Waals surface area (Å²) in [4.78, 5) is 11.7. The fourth-order valence-electron chi connectivity index (χ4n) is 1.83. The summed E-state index contributed by atoms with van der Waals surface area (Å²) in [5, 5.41) is 2.30. The Morgan fingerprint density at radius 2 is 1.74 bits per heavy atom. The van der Waals surface area contributed by atoms with Crippen molar-refractivity contribution in [3.8, 4) is 0 Å². The van der Waals surface area contributed by atoms with E-state index in [4.69, 9.17) is 0 Å². The molecule has 0 radical (unpaired) electrons. The standard InChI is InChI=1S/C15H14F2N2O3S/c1-2-18-23(21,22)12-7-8-14(13(17)9-12)19-15(20)10-3-5-11(16)6-4-10/h3-9,18H,2H2,1H3,(H,19,20). The van der Waals surface area contributed by atoms with Gasteiger partial charge in [-0.3, -0.25) is 4.79 Å². The van der Waals surface area contributed by atoms with Gasteiger partial charge in [-0.25, -0.2) is 21.9 Å².